The third-order valence-corrected chi connectivity index (χ3v) is 2.43. The van der Waals surface area contributed by atoms with Gasteiger partial charge in [0.2, 0.25) is 0 Å². The van der Waals surface area contributed by atoms with Gasteiger partial charge in [-0.15, -0.1) is 0 Å². The number of nitrogens with zero attached hydrogens (tertiary/aromatic N) is 2. The molecular weight excluding hydrogens is 186 g/mol. The first-order chi connectivity index (χ1) is 7.27. The molecule has 1 aromatic heterocycles. The Hall–Kier alpha value is -1.22. The van der Waals surface area contributed by atoms with Crippen LogP contribution in [0.1, 0.15) is 38.3 Å². The molecule has 0 aliphatic carbocycles. The predicted octanol–water partition coefficient (Wildman–Crippen LogP) is 2.48. The molecular formula is C12H19N3. The Kier molecular flexibility index (Phi) is 4.98. The van der Waals surface area contributed by atoms with Gasteiger partial charge in [-0.2, -0.15) is 0 Å². The number of rotatable bonds is 6. The Labute approximate surface area is 91.7 Å². The van der Waals surface area contributed by atoms with Gasteiger partial charge in [0.1, 0.15) is 6.33 Å². The van der Waals surface area contributed by atoms with Crippen LogP contribution in [0.4, 0.5) is 0 Å². The molecule has 0 aliphatic heterocycles. The monoisotopic (exact) mass is 205 g/mol. The summed E-state index contributed by atoms with van der Waals surface area (Å²) in [5.41, 5.74) is 2.39. The minimum absolute atomic E-state index is 0.295. The summed E-state index contributed by atoms with van der Waals surface area (Å²) in [5.74, 6) is 0. The summed E-state index contributed by atoms with van der Waals surface area (Å²) in [5, 5.41) is 3.42. The number of aromatic nitrogens is 2. The molecule has 0 spiro atoms. The van der Waals surface area contributed by atoms with Crippen LogP contribution in [-0.4, -0.2) is 16.5 Å². The van der Waals surface area contributed by atoms with Crippen LogP contribution >= 0.6 is 0 Å². The summed E-state index contributed by atoms with van der Waals surface area (Å²) in [6.45, 7) is 9.22. The van der Waals surface area contributed by atoms with Crippen molar-refractivity contribution in [3.8, 4) is 0 Å². The molecule has 1 heterocycles. The highest BCUT2D eigenvalue weighted by atomic mass is 14.9. The van der Waals surface area contributed by atoms with Crippen molar-refractivity contribution >= 4 is 0 Å². The minimum Gasteiger partial charge on any atom is -0.310 e. The van der Waals surface area contributed by atoms with Crippen LogP contribution in [0.15, 0.2) is 30.9 Å². The van der Waals surface area contributed by atoms with Crippen LogP contribution < -0.4 is 5.32 Å². The maximum atomic E-state index is 4.04. The molecule has 1 N–H and O–H groups in total. The second-order valence-electron chi connectivity index (χ2n) is 3.59. The normalized spacial score (nSPS) is 12.4. The van der Waals surface area contributed by atoms with Gasteiger partial charge in [0.05, 0.1) is 0 Å². The Balaban J connectivity index is 2.70. The van der Waals surface area contributed by atoms with Crippen molar-refractivity contribution in [2.45, 2.75) is 32.7 Å². The minimum atomic E-state index is 0.295. The molecule has 1 rings (SSSR count). The zero-order chi connectivity index (χ0) is 11.1. The molecule has 0 bridgehead atoms. The highest BCUT2D eigenvalue weighted by Crippen LogP contribution is 2.20. The molecule has 0 saturated heterocycles. The highest BCUT2D eigenvalue weighted by Gasteiger charge is 2.11. The average molecular weight is 205 g/mol. The fourth-order valence-corrected chi connectivity index (χ4v) is 1.48. The van der Waals surface area contributed by atoms with E-state index in [0.29, 0.717) is 6.04 Å². The van der Waals surface area contributed by atoms with Crippen LogP contribution in [0.5, 0.6) is 0 Å². The smallest absolute Gasteiger partial charge is 0.115 e. The van der Waals surface area contributed by atoms with Crippen molar-refractivity contribution in [2.75, 3.05) is 6.54 Å². The molecule has 0 fully saturated rings. The van der Waals surface area contributed by atoms with E-state index in [0.717, 1.165) is 24.9 Å². The topological polar surface area (TPSA) is 37.8 Å². The average Bonchev–Trinajstić information content (AvgIpc) is 2.29. The van der Waals surface area contributed by atoms with Crippen molar-refractivity contribution in [3.05, 3.63) is 36.4 Å². The zero-order valence-corrected chi connectivity index (χ0v) is 9.53. The van der Waals surface area contributed by atoms with Gasteiger partial charge < -0.3 is 5.32 Å². The van der Waals surface area contributed by atoms with Gasteiger partial charge in [0.15, 0.2) is 0 Å². The molecule has 3 heteroatoms. The predicted molar refractivity (Wildman–Crippen MR) is 62.5 cm³/mol. The molecule has 15 heavy (non-hydrogen) atoms. The standard InChI is InChI=1S/C12H19N3/c1-4-10(3)6-12(15-5-2)11-7-13-9-14-8-11/h7-9,12,15H,3-6H2,1-2H3. The Morgan fingerprint density at radius 2 is 2.07 bits per heavy atom. The first-order valence-electron chi connectivity index (χ1n) is 5.42. The fourth-order valence-electron chi connectivity index (χ4n) is 1.48. The molecule has 0 saturated carbocycles. The third kappa shape index (κ3) is 3.80. The van der Waals surface area contributed by atoms with Gasteiger partial charge in [0.25, 0.3) is 0 Å². The maximum Gasteiger partial charge on any atom is 0.115 e. The van der Waals surface area contributed by atoms with Crippen molar-refractivity contribution in [1.82, 2.24) is 15.3 Å². The van der Waals surface area contributed by atoms with E-state index >= 15 is 0 Å². The van der Waals surface area contributed by atoms with E-state index in [2.05, 4.69) is 35.7 Å². The number of hydrogen-bond acceptors (Lipinski definition) is 3. The van der Waals surface area contributed by atoms with E-state index in [1.54, 1.807) is 6.33 Å². The largest absolute Gasteiger partial charge is 0.310 e. The lowest BCUT2D eigenvalue weighted by atomic mass is 10.0. The summed E-state index contributed by atoms with van der Waals surface area (Å²) in [4.78, 5) is 8.08. The second kappa shape index (κ2) is 6.30. The maximum absolute atomic E-state index is 4.04. The van der Waals surface area contributed by atoms with Crippen molar-refractivity contribution < 1.29 is 0 Å². The Morgan fingerprint density at radius 3 is 2.60 bits per heavy atom. The van der Waals surface area contributed by atoms with Crippen LogP contribution in [-0.2, 0) is 0 Å². The van der Waals surface area contributed by atoms with Crippen LogP contribution in [0, 0.1) is 0 Å². The van der Waals surface area contributed by atoms with Gasteiger partial charge in [-0.3, -0.25) is 0 Å². The van der Waals surface area contributed by atoms with E-state index in [9.17, 15) is 0 Å². The van der Waals surface area contributed by atoms with Gasteiger partial charge in [-0.1, -0.05) is 26.0 Å². The summed E-state index contributed by atoms with van der Waals surface area (Å²) >= 11 is 0. The van der Waals surface area contributed by atoms with Crippen LogP contribution in [0.3, 0.4) is 0 Å². The molecule has 0 aromatic carbocycles. The SMILES string of the molecule is C=C(CC)CC(NCC)c1cncnc1. The van der Waals surface area contributed by atoms with E-state index in [-0.39, 0.29) is 0 Å². The molecule has 1 atom stereocenters. The summed E-state index contributed by atoms with van der Waals surface area (Å²) in [6.07, 6.45) is 7.26. The molecule has 0 aliphatic rings. The lowest BCUT2D eigenvalue weighted by Crippen LogP contribution is -2.21. The lowest BCUT2D eigenvalue weighted by Gasteiger charge is -2.18. The number of nitrogens with one attached hydrogen (secondary N) is 1. The van der Waals surface area contributed by atoms with Crippen molar-refractivity contribution in [3.63, 3.8) is 0 Å². The molecule has 1 aromatic rings. The van der Waals surface area contributed by atoms with Gasteiger partial charge >= 0.3 is 0 Å². The molecule has 0 radical (unpaired) electrons. The summed E-state index contributed by atoms with van der Waals surface area (Å²) < 4.78 is 0. The molecule has 0 amide bonds. The Morgan fingerprint density at radius 1 is 1.40 bits per heavy atom. The molecule has 3 nitrogen and oxygen atoms in total. The third-order valence-electron chi connectivity index (χ3n) is 2.43. The van der Waals surface area contributed by atoms with Gasteiger partial charge in [0, 0.05) is 24.0 Å². The summed E-state index contributed by atoms with van der Waals surface area (Å²) in [6, 6.07) is 0.295. The Bertz CT molecular complexity index is 295. The van der Waals surface area contributed by atoms with Crippen molar-refractivity contribution in [2.24, 2.45) is 0 Å². The van der Waals surface area contributed by atoms with E-state index in [1.165, 1.54) is 5.57 Å². The lowest BCUT2D eigenvalue weighted by molar-refractivity contribution is 0.539. The first-order valence-corrected chi connectivity index (χ1v) is 5.42. The number of hydrogen-bond donors (Lipinski definition) is 1. The van der Waals surface area contributed by atoms with E-state index < -0.39 is 0 Å². The van der Waals surface area contributed by atoms with Gasteiger partial charge in [-0.05, 0) is 19.4 Å². The zero-order valence-electron chi connectivity index (χ0n) is 9.53. The fraction of sp³-hybridized carbons (Fsp3) is 0.500. The highest BCUT2D eigenvalue weighted by molar-refractivity contribution is 5.13. The molecule has 1 unspecified atom stereocenters. The molecule has 82 valence electrons. The summed E-state index contributed by atoms with van der Waals surface area (Å²) in [7, 11) is 0. The van der Waals surface area contributed by atoms with Crippen molar-refractivity contribution in [1.29, 1.82) is 0 Å². The quantitative estimate of drug-likeness (QED) is 0.725. The first kappa shape index (κ1) is 11.9. The van der Waals surface area contributed by atoms with Crippen LogP contribution in [0.2, 0.25) is 0 Å². The second-order valence-corrected chi connectivity index (χ2v) is 3.59. The van der Waals surface area contributed by atoms with E-state index in [4.69, 9.17) is 0 Å². The van der Waals surface area contributed by atoms with Crippen LogP contribution in [0.25, 0.3) is 0 Å². The van der Waals surface area contributed by atoms with Gasteiger partial charge in [-0.25, -0.2) is 9.97 Å². The van der Waals surface area contributed by atoms with E-state index in [1.807, 2.05) is 12.4 Å².